The molecule has 0 bridgehead atoms. The molecule has 5 aromatic rings. The molecule has 1 aliphatic rings. The third-order valence-corrected chi connectivity index (χ3v) is 8.25. The summed E-state index contributed by atoms with van der Waals surface area (Å²) in [7, 11) is 0. The normalized spacial score (nSPS) is 14.4. The van der Waals surface area contributed by atoms with E-state index in [4.69, 9.17) is 10.1 Å². The SMILES string of the molecule is CC(C)(C)c1ccc(CN2CCN(C(=O)CCc3cc(-c4ccc(F)cc4)n(-c4ccc5ccccc5n4)n3)CC2)cc1. The Bertz CT molecular complexity index is 1710. The topological polar surface area (TPSA) is 54.3 Å². The molecule has 6 rings (SSSR count). The van der Waals surface area contributed by atoms with Gasteiger partial charge in [0, 0.05) is 56.5 Å². The molecule has 0 N–H and O–H groups in total. The standard InChI is InChI=1S/C36H38FN5O/c1-36(2,3)29-13-8-26(9-14-29)25-40-20-22-41(23-21-40)35(43)19-17-31-24-33(28-10-15-30(37)16-11-28)42(39-31)34-18-12-27-6-4-5-7-32(27)38-34/h4-16,18,24H,17,19-23,25H2,1-3H3. The van der Waals surface area contributed by atoms with Crippen molar-refractivity contribution in [3.05, 3.63) is 114 Å². The first kappa shape index (κ1) is 28.7. The average molecular weight is 576 g/mol. The van der Waals surface area contributed by atoms with E-state index in [1.165, 1.54) is 23.3 Å². The molecule has 7 heteroatoms. The highest BCUT2D eigenvalue weighted by molar-refractivity contribution is 5.79. The third-order valence-electron chi connectivity index (χ3n) is 8.25. The van der Waals surface area contributed by atoms with Crippen molar-refractivity contribution in [3.8, 4) is 17.1 Å². The fourth-order valence-electron chi connectivity index (χ4n) is 5.64. The van der Waals surface area contributed by atoms with Crippen molar-refractivity contribution in [2.45, 2.75) is 45.6 Å². The van der Waals surface area contributed by atoms with Gasteiger partial charge < -0.3 is 4.90 Å². The molecule has 0 unspecified atom stereocenters. The smallest absolute Gasteiger partial charge is 0.223 e. The van der Waals surface area contributed by atoms with Crippen molar-refractivity contribution in [3.63, 3.8) is 0 Å². The van der Waals surface area contributed by atoms with E-state index in [2.05, 4.69) is 49.9 Å². The minimum atomic E-state index is -0.289. The predicted octanol–water partition coefficient (Wildman–Crippen LogP) is 6.80. The Labute approximate surface area is 252 Å². The lowest BCUT2D eigenvalue weighted by molar-refractivity contribution is -0.133. The van der Waals surface area contributed by atoms with Gasteiger partial charge in [-0.3, -0.25) is 9.69 Å². The summed E-state index contributed by atoms with van der Waals surface area (Å²) in [6.07, 6.45) is 0.910. The molecule has 3 heterocycles. The van der Waals surface area contributed by atoms with Crippen molar-refractivity contribution >= 4 is 16.8 Å². The summed E-state index contributed by atoms with van der Waals surface area (Å²) in [5.41, 5.74) is 6.13. The lowest BCUT2D eigenvalue weighted by atomic mass is 9.87. The zero-order valence-electron chi connectivity index (χ0n) is 25.1. The summed E-state index contributed by atoms with van der Waals surface area (Å²) in [5.74, 6) is 0.540. The summed E-state index contributed by atoms with van der Waals surface area (Å²) >= 11 is 0. The van der Waals surface area contributed by atoms with E-state index in [0.29, 0.717) is 18.7 Å². The van der Waals surface area contributed by atoms with E-state index in [1.807, 2.05) is 47.4 Å². The molecule has 43 heavy (non-hydrogen) atoms. The number of hydrogen-bond donors (Lipinski definition) is 0. The van der Waals surface area contributed by atoms with E-state index >= 15 is 0 Å². The fraction of sp³-hybridized carbons (Fsp3) is 0.306. The zero-order valence-corrected chi connectivity index (χ0v) is 25.1. The number of aryl methyl sites for hydroxylation is 1. The molecular formula is C36H38FN5O. The Morgan fingerprint density at radius 2 is 1.58 bits per heavy atom. The molecule has 1 amide bonds. The Balaban J connectivity index is 1.11. The van der Waals surface area contributed by atoms with Crippen LogP contribution in [-0.2, 0) is 23.2 Å². The minimum Gasteiger partial charge on any atom is -0.340 e. The molecule has 3 aromatic carbocycles. The average Bonchev–Trinajstić information content (AvgIpc) is 3.44. The molecule has 0 saturated carbocycles. The van der Waals surface area contributed by atoms with Crippen LogP contribution in [0.4, 0.5) is 4.39 Å². The monoisotopic (exact) mass is 575 g/mol. The van der Waals surface area contributed by atoms with E-state index in [-0.39, 0.29) is 17.1 Å². The van der Waals surface area contributed by atoms with Crippen LogP contribution >= 0.6 is 0 Å². The van der Waals surface area contributed by atoms with Crippen molar-refractivity contribution < 1.29 is 9.18 Å². The predicted molar refractivity (Wildman–Crippen MR) is 170 cm³/mol. The number of aromatic nitrogens is 3. The van der Waals surface area contributed by atoms with Gasteiger partial charge >= 0.3 is 0 Å². The van der Waals surface area contributed by atoms with Crippen molar-refractivity contribution in [2.75, 3.05) is 26.2 Å². The summed E-state index contributed by atoms with van der Waals surface area (Å²) < 4.78 is 15.5. The van der Waals surface area contributed by atoms with E-state index < -0.39 is 0 Å². The van der Waals surface area contributed by atoms with Gasteiger partial charge in [-0.25, -0.2) is 14.1 Å². The number of carbonyl (C=O) groups excluding carboxylic acids is 1. The molecule has 1 fully saturated rings. The molecule has 0 aliphatic carbocycles. The van der Waals surface area contributed by atoms with Crippen LogP contribution in [0.1, 0.15) is 44.0 Å². The van der Waals surface area contributed by atoms with Crippen molar-refractivity contribution in [1.82, 2.24) is 24.6 Å². The summed E-state index contributed by atoms with van der Waals surface area (Å²) in [6.45, 7) is 10.8. The lowest BCUT2D eigenvalue weighted by Crippen LogP contribution is -2.48. The third kappa shape index (κ3) is 6.67. The summed E-state index contributed by atoms with van der Waals surface area (Å²) in [6, 6.07) is 29.2. The first-order valence-corrected chi connectivity index (χ1v) is 15.0. The molecule has 6 nitrogen and oxygen atoms in total. The zero-order chi connectivity index (χ0) is 30.0. The maximum absolute atomic E-state index is 13.7. The number of para-hydroxylation sites is 1. The Hall–Kier alpha value is -4.36. The summed E-state index contributed by atoms with van der Waals surface area (Å²) in [4.78, 5) is 22.4. The van der Waals surface area contributed by atoms with Crippen LogP contribution in [0.15, 0.2) is 91.0 Å². The fourth-order valence-corrected chi connectivity index (χ4v) is 5.64. The maximum atomic E-state index is 13.7. The number of hydrogen-bond acceptors (Lipinski definition) is 4. The van der Waals surface area contributed by atoms with Gasteiger partial charge in [-0.05, 0) is 65.1 Å². The quantitative estimate of drug-likeness (QED) is 0.214. The van der Waals surface area contributed by atoms with Crippen LogP contribution in [0.3, 0.4) is 0 Å². The number of halogens is 1. The number of pyridine rings is 1. The highest BCUT2D eigenvalue weighted by Crippen LogP contribution is 2.26. The van der Waals surface area contributed by atoms with Crippen LogP contribution in [-0.4, -0.2) is 56.7 Å². The maximum Gasteiger partial charge on any atom is 0.223 e. The molecule has 0 atom stereocenters. The number of piperazine rings is 1. The lowest BCUT2D eigenvalue weighted by Gasteiger charge is -2.35. The molecular weight excluding hydrogens is 537 g/mol. The first-order chi connectivity index (χ1) is 20.7. The van der Waals surface area contributed by atoms with Crippen molar-refractivity contribution in [2.24, 2.45) is 0 Å². The number of benzene rings is 3. The second-order valence-electron chi connectivity index (χ2n) is 12.4. The number of fused-ring (bicyclic) bond motifs is 1. The van der Waals surface area contributed by atoms with E-state index in [9.17, 15) is 9.18 Å². The van der Waals surface area contributed by atoms with Crippen LogP contribution in [0.2, 0.25) is 0 Å². The van der Waals surface area contributed by atoms with Gasteiger partial charge in [0.05, 0.1) is 16.9 Å². The van der Waals surface area contributed by atoms with E-state index in [0.717, 1.165) is 60.6 Å². The van der Waals surface area contributed by atoms with Crippen LogP contribution in [0.25, 0.3) is 28.0 Å². The van der Waals surface area contributed by atoms with Crippen LogP contribution in [0.5, 0.6) is 0 Å². The Morgan fingerprint density at radius 3 is 2.30 bits per heavy atom. The van der Waals surface area contributed by atoms with Crippen LogP contribution < -0.4 is 0 Å². The van der Waals surface area contributed by atoms with Crippen molar-refractivity contribution in [1.29, 1.82) is 0 Å². The van der Waals surface area contributed by atoms with Gasteiger partial charge in [-0.1, -0.05) is 63.2 Å². The van der Waals surface area contributed by atoms with Gasteiger partial charge in [0.2, 0.25) is 5.91 Å². The number of carbonyl (C=O) groups is 1. The molecule has 1 aliphatic heterocycles. The van der Waals surface area contributed by atoms with E-state index in [1.54, 1.807) is 16.8 Å². The number of amides is 1. The first-order valence-electron chi connectivity index (χ1n) is 15.0. The molecule has 1 saturated heterocycles. The van der Waals surface area contributed by atoms with Gasteiger partial charge in [0.25, 0.3) is 0 Å². The highest BCUT2D eigenvalue weighted by Gasteiger charge is 2.22. The van der Waals surface area contributed by atoms with Gasteiger partial charge in [0.15, 0.2) is 5.82 Å². The Morgan fingerprint density at radius 1 is 0.860 bits per heavy atom. The molecule has 0 radical (unpaired) electrons. The van der Waals surface area contributed by atoms with Gasteiger partial charge in [0.1, 0.15) is 5.82 Å². The van der Waals surface area contributed by atoms with Gasteiger partial charge in [-0.15, -0.1) is 0 Å². The Kier molecular flexibility index (Phi) is 8.08. The molecule has 220 valence electrons. The second kappa shape index (κ2) is 12.1. The number of rotatable bonds is 7. The van der Waals surface area contributed by atoms with Gasteiger partial charge in [-0.2, -0.15) is 5.10 Å². The largest absolute Gasteiger partial charge is 0.340 e. The second-order valence-corrected chi connectivity index (χ2v) is 12.4. The number of nitrogens with zero attached hydrogens (tertiary/aromatic N) is 5. The van der Waals surface area contributed by atoms with Crippen LogP contribution in [0, 0.1) is 5.82 Å². The molecule has 2 aromatic heterocycles. The highest BCUT2D eigenvalue weighted by atomic mass is 19.1. The minimum absolute atomic E-state index is 0.149. The summed E-state index contributed by atoms with van der Waals surface area (Å²) in [5, 5.41) is 5.91. The molecule has 0 spiro atoms.